The number of carbonyl (C=O) groups excluding carboxylic acids is 2. The molecule has 0 aromatic heterocycles. The quantitative estimate of drug-likeness (QED) is 0.792. The number of benzene rings is 2. The smallest absolute Gasteiger partial charge is 0.229 e. The summed E-state index contributed by atoms with van der Waals surface area (Å²) in [5, 5.41) is 3.02. The topological polar surface area (TPSA) is 49.4 Å². The van der Waals surface area contributed by atoms with E-state index in [1.54, 1.807) is 4.90 Å². The van der Waals surface area contributed by atoms with Gasteiger partial charge in [0.25, 0.3) is 0 Å². The van der Waals surface area contributed by atoms with Crippen molar-refractivity contribution in [1.29, 1.82) is 0 Å². The van der Waals surface area contributed by atoms with Gasteiger partial charge in [-0.05, 0) is 61.2 Å². The van der Waals surface area contributed by atoms with Crippen LogP contribution in [0.1, 0.15) is 30.0 Å². The SMILES string of the molecule is CCc1ccc(N2C[C@H](C(=O)Nc3c(C)cc(Br)cc3C)CC2=O)cc1. The van der Waals surface area contributed by atoms with E-state index in [0.717, 1.165) is 33.4 Å². The molecule has 26 heavy (non-hydrogen) atoms. The van der Waals surface area contributed by atoms with Crippen LogP contribution < -0.4 is 10.2 Å². The normalized spacial score (nSPS) is 16.8. The van der Waals surface area contributed by atoms with Crippen LogP contribution in [-0.2, 0) is 16.0 Å². The van der Waals surface area contributed by atoms with E-state index in [9.17, 15) is 9.59 Å². The molecule has 1 heterocycles. The second-order valence-corrected chi connectivity index (χ2v) is 7.74. The van der Waals surface area contributed by atoms with Crippen molar-refractivity contribution in [3.05, 3.63) is 57.6 Å². The largest absolute Gasteiger partial charge is 0.325 e. The molecule has 1 saturated heterocycles. The third-order valence-electron chi connectivity index (χ3n) is 4.90. The standard InChI is InChI=1S/C21H23BrN2O2/c1-4-15-5-7-18(8-6-15)24-12-16(11-19(24)25)21(26)23-20-13(2)9-17(22)10-14(20)3/h5-10,16H,4,11-12H2,1-3H3,(H,23,26)/t16-/m1/s1. The Morgan fingerprint density at radius 1 is 1.19 bits per heavy atom. The van der Waals surface area contributed by atoms with Crippen LogP contribution in [0.4, 0.5) is 11.4 Å². The van der Waals surface area contributed by atoms with Gasteiger partial charge in [0.05, 0.1) is 5.92 Å². The van der Waals surface area contributed by atoms with Gasteiger partial charge in [0, 0.05) is 28.8 Å². The number of rotatable bonds is 4. The number of aryl methyl sites for hydroxylation is 3. The van der Waals surface area contributed by atoms with Crippen molar-refractivity contribution in [1.82, 2.24) is 0 Å². The first-order valence-electron chi connectivity index (χ1n) is 8.86. The van der Waals surface area contributed by atoms with Gasteiger partial charge in [-0.3, -0.25) is 9.59 Å². The van der Waals surface area contributed by atoms with Crippen molar-refractivity contribution in [2.45, 2.75) is 33.6 Å². The minimum absolute atomic E-state index is 0.00125. The Balaban J connectivity index is 1.73. The summed E-state index contributed by atoms with van der Waals surface area (Å²) >= 11 is 3.47. The fourth-order valence-electron chi connectivity index (χ4n) is 3.38. The molecule has 0 aliphatic carbocycles. The van der Waals surface area contributed by atoms with Crippen molar-refractivity contribution in [3.63, 3.8) is 0 Å². The molecule has 2 aromatic carbocycles. The third kappa shape index (κ3) is 3.83. The van der Waals surface area contributed by atoms with E-state index in [-0.39, 0.29) is 24.2 Å². The maximum Gasteiger partial charge on any atom is 0.229 e. The molecule has 4 nitrogen and oxygen atoms in total. The molecule has 1 aliphatic rings. The fourth-order valence-corrected chi connectivity index (χ4v) is 4.06. The van der Waals surface area contributed by atoms with Gasteiger partial charge in [0.1, 0.15) is 0 Å². The Morgan fingerprint density at radius 3 is 2.38 bits per heavy atom. The predicted molar refractivity (Wildman–Crippen MR) is 109 cm³/mol. The van der Waals surface area contributed by atoms with Crippen LogP contribution in [0.5, 0.6) is 0 Å². The van der Waals surface area contributed by atoms with Gasteiger partial charge in [-0.15, -0.1) is 0 Å². The average molecular weight is 415 g/mol. The summed E-state index contributed by atoms with van der Waals surface area (Å²) in [7, 11) is 0. The first kappa shape index (κ1) is 18.6. The molecule has 5 heteroatoms. The fraction of sp³-hybridized carbons (Fsp3) is 0.333. The molecule has 0 unspecified atom stereocenters. The maximum absolute atomic E-state index is 12.7. The third-order valence-corrected chi connectivity index (χ3v) is 5.36. The van der Waals surface area contributed by atoms with Crippen molar-refractivity contribution in [2.24, 2.45) is 5.92 Å². The van der Waals surface area contributed by atoms with E-state index >= 15 is 0 Å². The Morgan fingerprint density at radius 2 is 1.81 bits per heavy atom. The second kappa shape index (κ2) is 7.62. The second-order valence-electron chi connectivity index (χ2n) is 6.83. The van der Waals surface area contributed by atoms with E-state index in [1.807, 2.05) is 50.2 Å². The number of hydrogen-bond acceptors (Lipinski definition) is 2. The zero-order chi connectivity index (χ0) is 18.8. The van der Waals surface area contributed by atoms with Crippen LogP contribution in [0.25, 0.3) is 0 Å². The number of carbonyl (C=O) groups is 2. The summed E-state index contributed by atoms with van der Waals surface area (Å²) in [5.41, 5.74) is 4.92. The minimum Gasteiger partial charge on any atom is -0.325 e. The number of hydrogen-bond donors (Lipinski definition) is 1. The van der Waals surface area contributed by atoms with Gasteiger partial charge in [0.2, 0.25) is 11.8 Å². The molecule has 0 saturated carbocycles. The van der Waals surface area contributed by atoms with Gasteiger partial charge in [-0.2, -0.15) is 0 Å². The Kier molecular flexibility index (Phi) is 5.47. The molecule has 0 spiro atoms. The number of amides is 2. The van der Waals surface area contributed by atoms with Crippen molar-refractivity contribution in [2.75, 3.05) is 16.8 Å². The van der Waals surface area contributed by atoms with Gasteiger partial charge in [-0.1, -0.05) is 35.0 Å². The molecule has 136 valence electrons. The molecular formula is C21H23BrN2O2. The monoisotopic (exact) mass is 414 g/mol. The molecule has 2 aromatic rings. The molecule has 1 atom stereocenters. The Hall–Kier alpha value is -2.14. The molecular weight excluding hydrogens is 392 g/mol. The Labute approximate surface area is 162 Å². The zero-order valence-corrected chi connectivity index (χ0v) is 16.9. The molecule has 1 aliphatic heterocycles. The van der Waals surface area contributed by atoms with Crippen molar-refractivity contribution in [3.8, 4) is 0 Å². The van der Waals surface area contributed by atoms with Crippen molar-refractivity contribution < 1.29 is 9.59 Å². The van der Waals surface area contributed by atoms with Gasteiger partial charge in [-0.25, -0.2) is 0 Å². The van der Waals surface area contributed by atoms with Crippen LogP contribution in [0, 0.1) is 19.8 Å². The highest BCUT2D eigenvalue weighted by Gasteiger charge is 2.35. The summed E-state index contributed by atoms with van der Waals surface area (Å²) in [6.45, 7) is 6.46. The first-order chi connectivity index (χ1) is 12.4. The molecule has 2 amide bonds. The molecule has 0 radical (unpaired) electrons. The number of halogens is 1. The highest BCUT2D eigenvalue weighted by atomic mass is 79.9. The molecule has 1 N–H and O–H groups in total. The van der Waals surface area contributed by atoms with Crippen LogP contribution in [-0.4, -0.2) is 18.4 Å². The summed E-state index contributed by atoms with van der Waals surface area (Å²) in [4.78, 5) is 26.9. The lowest BCUT2D eigenvalue weighted by Crippen LogP contribution is -2.28. The highest BCUT2D eigenvalue weighted by Crippen LogP contribution is 2.29. The van der Waals surface area contributed by atoms with Gasteiger partial charge in [0.15, 0.2) is 0 Å². The van der Waals surface area contributed by atoms with Crippen molar-refractivity contribution >= 4 is 39.1 Å². The van der Waals surface area contributed by atoms with Crippen LogP contribution in [0.2, 0.25) is 0 Å². The predicted octanol–water partition coefficient (Wildman–Crippen LogP) is 4.62. The van der Waals surface area contributed by atoms with Gasteiger partial charge < -0.3 is 10.2 Å². The lowest BCUT2D eigenvalue weighted by atomic mass is 10.1. The van der Waals surface area contributed by atoms with E-state index < -0.39 is 0 Å². The Bertz CT molecular complexity index is 823. The number of anilines is 2. The number of nitrogens with one attached hydrogen (secondary N) is 1. The van der Waals surface area contributed by atoms with E-state index in [2.05, 4.69) is 28.2 Å². The number of nitrogens with zero attached hydrogens (tertiary/aromatic N) is 1. The molecule has 3 rings (SSSR count). The molecule has 1 fully saturated rings. The first-order valence-corrected chi connectivity index (χ1v) is 9.65. The summed E-state index contributed by atoms with van der Waals surface area (Å²) < 4.78 is 0.989. The van der Waals surface area contributed by atoms with E-state index in [0.29, 0.717) is 6.54 Å². The highest BCUT2D eigenvalue weighted by molar-refractivity contribution is 9.10. The van der Waals surface area contributed by atoms with Crippen LogP contribution >= 0.6 is 15.9 Å². The minimum atomic E-state index is -0.337. The average Bonchev–Trinajstić information content (AvgIpc) is 3.00. The van der Waals surface area contributed by atoms with Gasteiger partial charge >= 0.3 is 0 Å². The molecule has 0 bridgehead atoms. The maximum atomic E-state index is 12.7. The summed E-state index contributed by atoms with van der Waals surface area (Å²) in [6.07, 6.45) is 1.21. The van der Waals surface area contributed by atoms with E-state index in [4.69, 9.17) is 0 Å². The van der Waals surface area contributed by atoms with E-state index in [1.165, 1.54) is 5.56 Å². The zero-order valence-electron chi connectivity index (χ0n) is 15.3. The summed E-state index contributed by atoms with van der Waals surface area (Å²) in [6, 6.07) is 11.9. The lowest BCUT2D eigenvalue weighted by molar-refractivity contribution is -0.122. The lowest BCUT2D eigenvalue weighted by Gasteiger charge is -2.18. The van der Waals surface area contributed by atoms with Crippen LogP contribution in [0.3, 0.4) is 0 Å². The summed E-state index contributed by atoms with van der Waals surface area (Å²) in [5.74, 6) is -0.436. The van der Waals surface area contributed by atoms with Crippen LogP contribution in [0.15, 0.2) is 40.9 Å².